The molecule has 0 aliphatic heterocycles. The molecule has 3 rings (SSSR count). The number of hydrogen-bond acceptors (Lipinski definition) is 5. The van der Waals surface area contributed by atoms with Crippen LogP contribution in [-0.2, 0) is 0 Å². The van der Waals surface area contributed by atoms with Gasteiger partial charge in [-0.1, -0.05) is 6.07 Å². The van der Waals surface area contributed by atoms with Crippen LogP contribution in [-0.4, -0.2) is 26.5 Å². The van der Waals surface area contributed by atoms with E-state index in [-0.39, 0.29) is 5.82 Å². The van der Waals surface area contributed by atoms with Gasteiger partial charge >= 0.3 is 0 Å². The summed E-state index contributed by atoms with van der Waals surface area (Å²) >= 11 is 0. The summed E-state index contributed by atoms with van der Waals surface area (Å²) < 4.78 is 19.3. The average Bonchev–Trinajstić information content (AvgIpc) is 2.92. The Bertz CT molecular complexity index is 786. The van der Waals surface area contributed by atoms with E-state index in [4.69, 9.17) is 4.74 Å². The highest BCUT2D eigenvalue weighted by molar-refractivity contribution is 5.77. The van der Waals surface area contributed by atoms with Crippen LogP contribution in [0.2, 0.25) is 0 Å². The van der Waals surface area contributed by atoms with Gasteiger partial charge in [0.05, 0.1) is 6.33 Å². The van der Waals surface area contributed by atoms with Crippen LogP contribution < -0.4 is 10.1 Å². The number of benzene rings is 1. The first kappa shape index (κ1) is 13.3. The lowest BCUT2D eigenvalue weighted by molar-refractivity contribution is 0.462. The molecule has 0 saturated carbocycles. The third-order valence-electron chi connectivity index (χ3n) is 2.95. The number of H-pyrrole nitrogens is 1. The van der Waals surface area contributed by atoms with E-state index >= 15 is 0 Å². The van der Waals surface area contributed by atoms with Crippen LogP contribution in [0, 0.1) is 12.7 Å². The van der Waals surface area contributed by atoms with Crippen LogP contribution >= 0.6 is 0 Å². The predicted octanol–water partition coefficient (Wildman–Crippen LogP) is 3.02. The minimum atomic E-state index is -0.325. The first-order valence-electron chi connectivity index (χ1n) is 6.56. The molecule has 0 saturated heterocycles. The highest BCUT2D eigenvalue weighted by atomic mass is 19.1. The zero-order chi connectivity index (χ0) is 14.8. The Kier molecular flexibility index (Phi) is 3.39. The van der Waals surface area contributed by atoms with E-state index in [1.54, 1.807) is 19.1 Å². The fraction of sp³-hybridized carbons (Fsp3) is 0.214. The van der Waals surface area contributed by atoms with Crippen molar-refractivity contribution in [2.24, 2.45) is 0 Å². The molecule has 2 N–H and O–H groups in total. The van der Waals surface area contributed by atoms with Gasteiger partial charge in [-0.05, 0) is 25.5 Å². The number of ether oxygens (including phenoxy) is 1. The van der Waals surface area contributed by atoms with Crippen LogP contribution in [0.1, 0.15) is 12.5 Å². The van der Waals surface area contributed by atoms with Crippen molar-refractivity contribution in [2.75, 3.05) is 11.9 Å². The van der Waals surface area contributed by atoms with Gasteiger partial charge < -0.3 is 15.0 Å². The molecular formula is C14H14FN5O. The predicted molar refractivity (Wildman–Crippen MR) is 77.1 cm³/mol. The number of imidazole rings is 1. The van der Waals surface area contributed by atoms with Gasteiger partial charge in [-0.25, -0.2) is 9.37 Å². The monoisotopic (exact) mass is 287 g/mol. The van der Waals surface area contributed by atoms with Crippen molar-refractivity contribution in [3.63, 3.8) is 0 Å². The third-order valence-corrected chi connectivity index (χ3v) is 2.95. The van der Waals surface area contributed by atoms with E-state index < -0.39 is 0 Å². The van der Waals surface area contributed by atoms with Crippen molar-refractivity contribution < 1.29 is 9.13 Å². The lowest BCUT2D eigenvalue weighted by Crippen LogP contribution is -2.03. The Hall–Kier alpha value is -2.70. The summed E-state index contributed by atoms with van der Waals surface area (Å²) in [6.45, 7) is 4.31. The fourth-order valence-corrected chi connectivity index (χ4v) is 1.87. The Morgan fingerprint density at radius 2 is 2.19 bits per heavy atom. The molecule has 0 atom stereocenters. The van der Waals surface area contributed by atoms with E-state index in [1.165, 1.54) is 12.4 Å². The molecule has 0 aliphatic carbocycles. The second-order valence-corrected chi connectivity index (χ2v) is 4.50. The van der Waals surface area contributed by atoms with Crippen LogP contribution in [0.15, 0.2) is 24.5 Å². The molecule has 2 heterocycles. The van der Waals surface area contributed by atoms with Crippen molar-refractivity contribution in [1.29, 1.82) is 0 Å². The zero-order valence-corrected chi connectivity index (χ0v) is 11.6. The maximum atomic E-state index is 13.6. The van der Waals surface area contributed by atoms with Crippen molar-refractivity contribution in [3.05, 3.63) is 35.9 Å². The van der Waals surface area contributed by atoms with Gasteiger partial charge in [0.1, 0.15) is 17.1 Å². The van der Waals surface area contributed by atoms with E-state index in [0.717, 1.165) is 0 Å². The lowest BCUT2D eigenvalue weighted by atomic mass is 10.2. The van der Waals surface area contributed by atoms with Gasteiger partial charge in [0, 0.05) is 12.6 Å². The Balaban J connectivity index is 2.01. The molecule has 0 amide bonds. The van der Waals surface area contributed by atoms with Gasteiger partial charge in [-0.2, -0.15) is 9.97 Å². The van der Waals surface area contributed by atoms with E-state index in [0.29, 0.717) is 40.8 Å². The van der Waals surface area contributed by atoms with Gasteiger partial charge in [-0.15, -0.1) is 0 Å². The minimum absolute atomic E-state index is 0.303. The Labute approximate surface area is 120 Å². The number of anilines is 1. The molecule has 6 nitrogen and oxygen atoms in total. The smallest absolute Gasteiger partial charge is 0.250 e. The average molecular weight is 287 g/mol. The molecule has 7 heteroatoms. The number of fused-ring (bicyclic) bond motifs is 1. The largest absolute Gasteiger partial charge is 0.437 e. The number of aromatic amines is 1. The van der Waals surface area contributed by atoms with E-state index in [1.807, 2.05) is 6.92 Å². The maximum Gasteiger partial charge on any atom is 0.250 e. The summed E-state index contributed by atoms with van der Waals surface area (Å²) in [5.74, 6) is 0.765. The molecule has 0 fully saturated rings. The fourth-order valence-electron chi connectivity index (χ4n) is 1.87. The first-order valence-corrected chi connectivity index (χ1v) is 6.56. The number of hydrogen-bond donors (Lipinski definition) is 2. The standard InChI is InChI=1S/C14H14FN5O/c1-3-16-14-19-12-11(17-7-18-12)13(20-14)21-9-5-4-8(2)10(15)6-9/h4-7H,3H2,1-2H3,(H2,16,17,18,19,20). The van der Waals surface area contributed by atoms with Crippen LogP contribution in [0.3, 0.4) is 0 Å². The highest BCUT2D eigenvalue weighted by Gasteiger charge is 2.12. The quantitative estimate of drug-likeness (QED) is 0.771. The summed E-state index contributed by atoms with van der Waals surface area (Å²) in [5.41, 5.74) is 1.62. The van der Waals surface area contributed by atoms with Crippen LogP contribution in [0.5, 0.6) is 11.6 Å². The molecule has 0 radical (unpaired) electrons. The molecule has 3 aromatic rings. The molecular weight excluding hydrogens is 273 g/mol. The zero-order valence-electron chi connectivity index (χ0n) is 11.6. The van der Waals surface area contributed by atoms with Gasteiger partial charge in [0.2, 0.25) is 5.95 Å². The number of aromatic nitrogens is 4. The van der Waals surface area contributed by atoms with E-state index in [9.17, 15) is 4.39 Å². The van der Waals surface area contributed by atoms with Gasteiger partial charge in [-0.3, -0.25) is 0 Å². The molecule has 2 aromatic heterocycles. The minimum Gasteiger partial charge on any atom is -0.437 e. The summed E-state index contributed by atoms with van der Waals surface area (Å²) in [7, 11) is 0. The number of rotatable bonds is 4. The van der Waals surface area contributed by atoms with Crippen molar-refractivity contribution in [1.82, 2.24) is 19.9 Å². The molecule has 1 aromatic carbocycles. The summed E-state index contributed by atoms with van der Waals surface area (Å²) in [5, 5.41) is 3.01. The normalized spacial score (nSPS) is 10.8. The first-order chi connectivity index (χ1) is 10.2. The summed E-state index contributed by atoms with van der Waals surface area (Å²) in [6, 6.07) is 4.67. The Morgan fingerprint density at radius 1 is 1.33 bits per heavy atom. The SMILES string of the molecule is CCNc1nc(Oc2ccc(C)c(F)c2)c2[nH]cnc2n1. The number of nitrogens with zero attached hydrogens (tertiary/aromatic N) is 3. The third kappa shape index (κ3) is 2.62. The van der Waals surface area contributed by atoms with Crippen LogP contribution in [0.25, 0.3) is 11.2 Å². The summed E-state index contributed by atoms with van der Waals surface area (Å²) in [6.07, 6.45) is 1.51. The Morgan fingerprint density at radius 3 is 2.95 bits per heavy atom. The second-order valence-electron chi connectivity index (χ2n) is 4.50. The number of nitrogens with one attached hydrogen (secondary N) is 2. The highest BCUT2D eigenvalue weighted by Crippen LogP contribution is 2.27. The second kappa shape index (κ2) is 5.35. The lowest BCUT2D eigenvalue weighted by Gasteiger charge is -2.08. The maximum absolute atomic E-state index is 13.6. The molecule has 0 spiro atoms. The molecule has 0 bridgehead atoms. The molecule has 0 aliphatic rings. The molecule has 21 heavy (non-hydrogen) atoms. The topological polar surface area (TPSA) is 75.7 Å². The number of halogens is 1. The van der Waals surface area contributed by atoms with Crippen molar-refractivity contribution in [3.8, 4) is 11.6 Å². The number of aryl methyl sites for hydroxylation is 1. The van der Waals surface area contributed by atoms with Gasteiger partial charge in [0.15, 0.2) is 5.65 Å². The summed E-state index contributed by atoms with van der Waals surface area (Å²) in [4.78, 5) is 15.5. The van der Waals surface area contributed by atoms with Crippen molar-refractivity contribution >= 4 is 17.1 Å². The molecule has 0 unspecified atom stereocenters. The molecule has 108 valence electrons. The van der Waals surface area contributed by atoms with Gasteiger partial charge in [0.25, 0.3) is 5.88 Å². The van der Waals surface area contributed by atoms with Crippen molar-refractivity contribution in [2.45, 2.75) is 13.8 Å². The van der Waals surface area contributed by atoms with E-state index in [2.05, 4.69) is 25.3 Å². The van der Waals surface area contributed by atoms with Crippen LogP contribution in [0.4, 0.5) is 10.3 Å².